The predicted molar refractivity (Wildman–Crippen MR) is 64.6 cm³/mol. The van der Waals surface area contributed by atoms with Crippen LogP contribution < -0.4 is 10.2 Å². The maximum Gasteiger partial charge on any atom is 0.279 e. The second kappa shape index (κ2) is 5.46. The lowest BCUT2D eigenvalue weighted by Gasteiger charge is -2.12. The normalized spacial score (nSPS) is 15.5. The highest BCUT2D eigenvalue weighted by molar-refractivity contribution is 5.92. The molecule has 0 spiro atoms. The monoisotopic (exact) mass is 230 g/mol. The van der Waals surface area contributed by atoms with Crippen molar-refractivity contribution in [3.8, 4) is 6.07 Å². The highest BCUT2D eigenvalue weighted by atomic mass is 16.2. The number of anilines is 1. The van der Waals surface area contributed by atoms with E-state index in [0.717, 1.165) is 13.1 Å². The third-order valence-corrected chi connectivity index (χ3v) is 3.04. The topological polar surface area (TPSA) is 57.3 Å². The number of para-hydroxylation sites is 1. The van der Waals surface area contributed by atoms with Crippen LogP contribution in [-0.4, -0.2) is 25.5 Å². The Labute approximate surface area is 101 Å². The molecular weight excluding hydrogens is 214 g/mol. The zero-order chi connectivity index (χ0) is 12.1. The summed E-state index contributed by atoms with van der Waals surface area (Å²) in [6.07, 6.45) is 2.41. The molecule has 0 radical (unpaired) electrons. The summed E-state index contributed by atoms with van der Waals surface area (Å²) >= 11 is 0. The summed E-state index contributed by atoms with van der Waals surface area (Å²) in [5.41, 5.74) is 1.12. The Kier molecular flexibility index (Phi) is 3.73. The number of quaternary nitrogens is 1. The van der Waals surface area contributed by atoms with Gasteiger partial charge in [0.05, 0.1) is 24.3 Å². The Morgan fingerprint density at radius 1 is 1.35 bits per heavy atom. The molecular formula is C13H16N3O+. The molecule has 1 aromatic rings. The van der Waals surface area contributed by atoms with Gasteiger partial charge in [-0.2, -0.15) is 5.26 Å². The first-order valence-electron chi connectivity index (χ1n) is 5.92. The lowest BCUT2D eigenvalue weighted by molar-refractivity contribution is -0.878. The van der Waals surface area contributed by atoms with Crippen LogP contribution in [0.15, 0.2) is 24.3 Å². The van der Waals surface area contributed by atoms with E-state index in [1.54, 1.807) is 18.2 Å². The van der Waals surface area contributed by atoms with E-state index in [2.05, 4.69) is 11.4 Å². The number of carbonyl (C=O) groups is 1. The minimum atomic E-state index is -0.00963. The summed E-state index contributed by atoms with van der Waals surface area (Å²) in [6.45, 7) is 2.65. The van der Waals surface area contributed by atoms with E-state index in [-0.39, 0.29) is 5.91 Å². The van der Waals surface area contributed by atoms with Gasteiger partial charge in [0.25, 0.3) is 5.91 Å². The molecule has 0 bridgehead atoms. The summed E-state index contributed by atoms with van der Waals surface area (Å²) in [6, 6.07) is 9.15. The molecule has 1 amide bonds. The van der Waals surface area contributed by atoms with Gasteiger partial charge in [-0.05, 0) is 12.1 Å². The SMILES string of the molecule is N#Cc1ccccc1NC(=O)C[NH+]1CCCC1. The number of likely N-dealkylation sites (tertiary alicyclic amines) is 1. The summed E-state index contributed by atoms with van der Waals surface area (Å²) < 4.78 is 0. The number of benzene rings is 1. The van der Waals surface area contributed by atoms with Crippen LogP contribution in [0.3, 0.4) is 0 Å². The van der Waals surface area contributed by atoms with Crippen molar-refractivity contribution < 1.29 is 9.69 Å². The van der Waals surface area contributed by atoms with E-state index >= 15 is 0 Å². The number of hydrogen-bond donors (Lipinski definition) is 2. The number of rotatable bonds is 3. The number of nitrogens with one attached hydrogen (secondary N) is 2. The smallest absolute Gasteiger partial charge is 0.279 e. The molecule has 0 aliphatic carbocycles. The second-order valence-corrected chi connectivity index (χ2v) is 4.34. The van der Waals surface area contributed by atoms with E-state index in [9.17, 15) is 4.79 Å². The van der Waals surface area contributed by atoms with E-state index in [1.807, 2.05) is 6.07 Å². The summed E-state index contributed by atoms with van der Waals surface area (Å²) in [7, 11) is 0. The van der Waals surface area contributed by atoms with Crippen LogP contribution >= 0.6 is 0 Å². The van der Waals surface area contributed by atoms with Gasteiger partial charge in [0.1, 0.15) is 6.07 Å². The Hall–Kier alpha value is -1.86. The van der Waals surface area contributed by atoms with Gasteiger partial charge >= 0.3 is 0 Å². The molecule has 0 saturated carbocycles. The van der Waals surface area contributed by atoms with Gasteiger partial charge in [-0.25, -0.2) is 0 Å². The lowest BCUT2D eigenvalue weighted by Crippen LogP contribution is -3.11. The molecule has 0 aromatic heterocycles. The predicted octanol–water partition coefficient (Wildman–Crippen LogP) is 0.175. The highest BCUT2D eigenvalue weighted by Crippen LogP contribution is 2.12. The Balaban J connectivity index is 1.95. The second-order valence-electron chi connectivity index (χ2n) is 4.34. The lowest BCUT2D eigenvalue weighted by atomic mass is 10.2. The Bertz CT molecular complexity index is 444. The first-order chi connectivity index (χ1) is 8.29. The number of nitriles is 1. The van der Waals surface area contributed by atoms with Gasteiger partial charge < -0.3 is 10.2 Å². The molecule has 1 aliphatic heterocycles. The molecule has 17 heavy (non-hydrogen) atoms. The van der Waals surface area contributed by atoms with Gasteiger partial charge in [0, 0.05) is 12.8 Å². The number of amides is 1. The Morgan fingerprint density at radius 3 is 2.76 bits per heavy atom. The fourth-order valence-corrected chi connectivity index (χ4v) is 2.16. The maximum absolute atomic E-state index is 11.8. The summed E-state index contributed by atoms with van der Waals surface area (Å²) in [5.74, 6) is -0.00963. The fourth-order valence-electron chi connectivity index (χ4n) is 2.16. The first-order valence-corrected chi connectivity index (χ1v) is 5.92. The van der Waals surface area contributed by atoms with Crippen molar-refractivity contribution in [3.05, 3.63) is 29.8 Å². The molecule has 88 valence electrons. The molecule has 4 nitrogen and oxygen atoms in total. The molecule has 1 saturated heterocycles. The minimum Gasteiger partial charge on any atom is -0.327 e. The number of nitrogens with zero attached hydrogens (tertiary/aromatic N) is 1. The van der Waals surface area contributed by atoms with Crippen LogP contribution in [0.1, 0.15) is 18.4 Å². The summed E-state index contributed by atoms with van der Waals surface area (Å²) in [5, 5.41) is 11.7. The average molecular weight is 230 g/mol. The zero-order valence-corrected chi connectivity index (χ0v) is 9.70. The van der Waals surface area contributed by atoms with E-state index in [1.165, 1.54) is 17.7 Å². The first kappa shape index (κ1) is 11.6. The largest absolute Gasteiger partial charge is 0.327 e. The van der Waals surface area contributed by atoms with Crippen molar-refractivity contribution in [2.24, 2.45) is 0 Å². The van der Waals surface area contributed by atoms with Crippen LogP contribution in [0.25, 0.3) is 0 Å². The van der Waals surface area contributed by atoms with Crippen LogP contribution in [-0.2, 0) is 4.79 Å². The van der Waals surface area contributed by atoms with Crippen molar-refractivity contribution in [3.63, 3.8) is 0 Å². The van der Waals surface area contributed by atoms with Gasteiger partial charge in [0.15, 0.2) is 6.54 Å². The number of hydrogen-bond acceptors (Lipinski definition) is 2. The van der Waals surface area contributed by atoms with E-state index in [4.69, 9.17) is 5.26 Å². The zero-order valence-electron chi connectivity index (χ0n) is 9.70. The summed E-state index contributed by atoms with van der Waals surface area (Å²) in [4.78, 5) is 13.1. The van der Waals surface area contributed by atoms with Gasteiger partial charge in [-0.3, -0.25) is 4.79 Å². The molecule has 2 N–H and O–H groups in total. The van der Waals surface area contributed by atoms with Crippen LogP contribution in [0, 0.1) is 11.3 Å². The van der Waals surface area contributed by atoms with Crippen molar-refractivity contribution in [1.82, 2.24) is 0 Å². The minimum absolute atomic E-state index is 0.00963. The van der Waals surface area contributed by atoms with Crippen molar-refractivity contribution in [2.75, 3.05) is 25.0 Å². The molecule has 2 rings (SSSR count). The quantitative estimate of drug-likeness (QED) is 0.778. The van der Waals surface area contributed by atoms with Crippen molar-refractivity contribution >= 4 is 11.6 Å². The highest BCUT2D eigenvalue weighted by Gasteiger charge is 2.19. The fraction of sp³-hybridized carbons (Fsp3) is 0.385. The van der Waals surface area contributed by atoms with Gasteiger partial charge in [-0.15, -0.1) is 0 Å². The van der Waals surface area contributed by atoms with Crippen molar-refractivity contribution in [1.29, 1.82) is 5.26 Å². The molecule has 0 atom stereocenters. The van der Waals surface area contributed by atoms with Crippen LogP contribution in [0.4, 0.5) is 5.69 Å². The Morgan fingerprint density at radius 2 is 2.06 bits per heavy atom. The molecule has 1 fully saturated rings. The van der Waals surface area contributed by atoms with Gasteiger partial charge in [-0.1, -0.05) is 12.1 Å². The molecule has 1 aromatic carbocycles. The van der Waals surface area contributed by atoms with Crippen LogP contribution in [0.2, 0.25) is 0 Å². The molecule has 1 aliphatic rings. The third-order valence-electron chi connectivity index (χ3n) is 3.04. The van der Waals surface area contributed by atoms with Crippen molar-refractivity contribution in [2.45, 2.75) is 12.8 Å². The molecule has 0 unspecified atom stereocenters. The molecule has 4 heteroatoms. The number of carbonyl (C=O) groups excluding carboxylic acids is 1. The van der Waals surface area contributed by atoms with E-state index in [0.29, 0.717) is 17.8 Å². The third kappa shape index (κ3) is 3.05. The maximum atomic E-state index is 11.8. The standard InChI is InChI=1S/C13H15N3O/c14-9-11-5-1-2-6-12(11)15-13(17)10-16-7-3-4-8-16/h1-2,5-6H,3-4,7-8,10H2,(H,15,17)/p+1. The molecule has 1 heterocycles. The van der Waals surface area contributed by atoms with Gasteiger partial charge in [0.2, 0.25) is 0 Å². The average Bonchev–Trinajstić information content (AvgIpc) is 2.82. The van der Waals surface area contributed by atoms with E-state index < -0.39 is 0 Å². The van der Waals surface area contributed by atoms with Crippen LogP contribution in [0.5, 0.6) is 0 Å².